The fourth-order valence-electron chi connectivity index (χ4n) is 3.15. The molecule has 0 unspecified atom stereocenters. The largest absolute Gasteiger partial charge is 0.469 e. The second-order valence-corrected chi connectivity index (χ2v) is 8.59. The Morgan fingerprint density at radius 2 is 0.958 bits per heavy atom. The van der Waals surface area contributed by atoms with Gasteiger partial charge >= 0.3 is 5.97 Å². The van der Waals surface area contributed by atoms with Crippen LogP contribution in [0.1, 0.15) is 124 Å². The SMILES string of the molecule is COC(=O)CCCCCCCCCCCCCCCCC(C)(C)C. The monoisotopic (exact) mass is 340 g/mol. The summed E-state index contributed by atoms with van der Waals surface area (Å²) in [6, 6.07) is 0. The number of hydrogen-bond donors (Lipinski definition) is 0. The third-order valence-electron chi connectivity index (χ3n) is 4.79. The summed E-state index contributed by atoms with van der Waals surface area (Å²) < 4.78 is 4.64. The Kier molecular flexibility index (Phi) is 15.6. The first-order valence-electron chi connectivity index (χ1n) is 10.5. The van der Waals surface area contributed by atoms with Crippen LogP contribution >= 0.6 is 0 Å². The summed E-state index contributed by atoms with van der Waals surface area (Å²) in [6.45, 7) is 7.03. The third kappa shape index (κ3) is 19.5. The van der Waals surface area contributed by atoms with Crippen LogP contribution in [0.15, 0.2) is 0 Å². The molecule has 0 aliphatic heterocycles. The quantitative estimate of drug-likeness (QED) is 0.215. The molecular weight excluding hydrogens is 296 g/mol. The summed E-state index contributed by atoms with van der Waals surface area (Å²) in [5, 5.41) is 0. The van der Waals surface area contributed by atoms with Gasteiger partial charge in [0.15, 0.2) is 0 Å². The molecule has 0 N–H and O–H groups in total. The molecule has 2 nitrogen and oxygen atoms in total. The Bertz CT molecular complexity index is 278. The molecule has 0 spiro atoms. The molecule has 2 heteroatoms. The van der Waals surface area contributed by atoms with Crippen molar-refractivity contribution in [2.45, 2.75) is 124 Å². The average molecular weight is 341 g/mol. The first kappa shape index (κ1) is 23.5. The summed E-state index contributed by atoms with van der Waals surface area (Å²) in [5.74, 6) is -0.0656. The molecule has 0 radical (unpaired) electrons. The molecule has 0 fully saturated rings. The molecule has 144 valence electrons. The van der Waals surface area contributed by atoms with Gasteiger partial charge in [-0.1, -0.05) is 104 Å². The van der Waals surface area contributed by atoms with Gasteiger partial charge in [-0.15, -0.1) is 0 Å². The van der Waals surface area contributed by atoms with E-state index in [1.807, 2.05) is 0 Å². The van der Waals surface area contributed by atoms with Gasteiger partial charge in [0, 0.05) is 6.42 Å². The van der Waals surface area contributed by atoms with Crippen molar-refractivity contribution in [1.29, 1.82) is 0 Å². The molecule has 0 aliphatic rings. The van der Waals surface area contributed by atoms with Crippen molar-refractivity contribution < 1.29 is 9.53 Å². The zero-order valence-corrected chi connectivity index (χ0v) is 17.1. The van der Waals surface area contributed by atoms with Gasteiger partial charge in [0.25, 0.3) is 0 Å². The summed E-state index contributed by atoms with van der Waals surface area (Å²) in [4.78, 5) is 11.0. The summed E-state index contributed by atoms with van der Waals surface area (Å²) >= 11 is 0. The van der Waals surface area contributed by atoms with Crippen LogP contribution in [0.4, 0.5) is 0 Å². The van der Waals surface area contributed by atoms with Gasteiger partial charge in [-0.05, 0) is 18.3 Å². The van der Waals surface area contributed by atoms with Crippen LogP contribution in [0.3, 0.4) is 0 Å². The van der Waals surface area contributed by atoms with Gasteiger partial charge in [-0.25, -0.2) is 0 Å². The highest BCUT2D eigenvalue weighted by molar-refractivity contribution is 5.68. The fourth-order valence-corrected chi connectivity index (χ4v) is 3.15. The molecule has 0 amide bonds. The van der Waals surface area contributed by atoms with Crippen LogP contribution < -0.4 is 0 Å². The van der Waals surface area contributed by atoms with E-state index in [-0.39, 0.29) is 5.97 Å². The standard InChI is InChI=1S/C22H44O2/c1-22(2,3)20-18-16-14-12-10-8-6-5-7-9-11-13-15-17-19-21(23)24-4/h5-20H2,1-4H3. The average Bonchev–Trinajstić information content (AvgIpc) is 2.53. The first-order valence-corrected chi connectivity index (χ1v) is 10.5. The molecular formula is C22H44O2. The van der Waals surface area contributed by atoms with Crippen LogP contribution in [0.2, 0.25) is 0 Å². The molecule has 0 rings (SSSR count). The summed E-state index contributed by atoms with van der Waals surface area (Å²) in [5.41, 5.74) is 0.515. The summed E-state index contributed by atoms with van der Waals surface area (Å²) in [6.07, 6.45) is 20.9. The van der Waals surface area contributed by atoms with Crippen LogP contribution in [0.5, 0.6) is 0 Å². The molecule has 0 heterocycles. The number of esters is 1. The predicted molar refractivity (Wildman–Crippen MR) is 105 cm³/mol. The van der Waals surface area contributed by atoms with Gasteiger partial charge in [0.1, 0.15) is 0 Å². The van der Waals surface area contributed by atoms with Crippen molar-refractivity contribution in [3.63, 3.8) is 0 Å². The van der Waals surface area contributed by atoms with E-state index >= 15 is 0 Å². The van der Waals surface area contributed by atoms with Crippen LogP contribution in [0.25, 0.3) is 0 Å². The smallest absolute Gasteiger partial charge is 0.305 e. The topological polar surface area (TPSA) is 26.3 Å². The Morgan fingerprint density at radius 1 is 0.625 bits per heavy atom. The minimum absolute atomic E-state index is 0.0656. The highest BCUT2D eigenvalue weighted by atomic mass is 16.5. The van der Waals surface area contributed by atoms with Crippen molar-refractivity contribution >= 4 is 5.97 Å². The normalized spacial score (nSPS) is 11.7. The lowest BCUT2D eigenvalue weighted by Gasteiger charge is -2.17. The Morgan fingerprint density at radius 3 is 1.29 bits per heavy atom. The zero-order valence-electron chi connectivity index (χ0n) is 17.1. The molecule has 0 aromatic rings. The highest BCUT2D eigenvalue weighted by Gasteiger charge is 2.08. The molecule has 0 aromatic carbocycles. The van der Waals surface area contributed by atoms with E-state index in [2.05, 4.69) is 25.5 Å². The molecule has 0 saturated carbocycles. The van der Waals surface area contributed by atoms with E-state index in [0.29, 0.717) is 11.8 Å². The third-order valence-corrected chi connectivity index (χ3v) is 4.79. The zero-order chi connectivity index (χ0) is 18.1. The number of unbranched alkanes of at least 4 members (excludes halogenated alkanes) is 13. The Labute approximate surface area is 152 Å². The molecule has 0 atom stereocenters. The minimum atomic E-state index is -0.0656. The van der Waals surface area contributed by atoms with Gasteiger partial charge in [-0.3, -0.25) is 4.79 Å². The Balaban J connectivity index is 3.06. The lowest BCUT2D eigenvalue weighted by Crippen LogP contribution is -2.03. The van der Waals surface area contributed by atoms with E-state index in [0.717, 1.165) is 6.42 Å². The molecule has 0 aromatic heterocycles. The number of ether oxygens (including phenoxy) is 1. The lowest BCUT2D eigenvalue weighted by atomic mass is 9.89. The lowest BCUT2D eigenvalue weighted by molar-refractivity contribution is -0.140. The number of carbonyl (C=O) groups is 1. The van der Waals surface area contributed by atoms with Crippen LogP contribution in [-0.2, 0) is 9.53 Å². The second-order valence-electron chi connectivity index (χ2n) is 8.59. The number of carbonyl (C=O) groups excluding carboxylic acids is 1. The van der Waals surface area contributed by atoms with Gasteiger partial charge < -0.3 is 4.74 Å². The van der Waals surface area contributed by atoms with Crippen LogP contribution in [-0.4, -0.2) is 13.1 Å². The van der Waals surface area contributed by atoms with Crippen molar-refractivity contribution in [2.75, 3.05) is 7.11 Å². The van der Waals surface area contributed by atoms with E-state index in [9.17, 15) is 4.79 Å². The molecule has 0 saturated heterocycles. The van der Waals surface area contributed by atoms with E-state index in [4.69, 9.17) is 0 Å². The van der Waals surface area contributed by atoms with Gasteiger partial charge in [0.05, 0.1) is 7.11 Å². The number of hydrogen-bond acceptors (Lipinski definition) is 2. The van der Waals surface area contributed by atoms with Crippen molar-refractivity contribution in [2.24, 2.45) is 5.41 Å². The van der Waals surface area contributed by atoms with Crippen molar-refractivity contribution in [3.05, 3.63) is 0 Å². The minimum Gasteiger partial charge on any atom is -0.469 e. The first-order chi connectivity index (χ1) is 11.5. The maximum absolute atomic E-state index is 11.0. The number of methoxy groups -OCH3 is 1. The number of rotatable bonds is 16. The molecule has 24 heavy (non-hydrogen) atoms. The molecule has 0 bridgehead atoms. The van der Waals surface area contributed by atoms with Crippen molar-refractivity contribution in [1.82, 2.24) is 0 Å². The predicted octanol–water partition coefficient (Wildman–Crippen LogP) is 7.45. The fraction of sp³-hybridized carbons (Fsp3) is 0.955. The van der Waals surface area contributed by atoms with Gasteiger partial charge in [0.2, 0.25) is 0 Å². The van der Waals surface area contributed by atoms with Gasteiger partial charge in [-0.2, -0.15) is 0 Å². The van der Waals surface area contributed by atoms with Crippen molar-refractivity contribution in [3.8, 4) is 0 Å². The van der Waals surface area contributed by atoms with E-state index in [1.54, 1.807) is 0 Å². The molecule has 0 aliphatic carbocycles. The summed E-state index contributed by atoms with van der Waals surface area (Å²) in [7, 11) is 1.47. The highest BCUT2D eigenvalue weighted by Crippen LogP contribution is 2.22. The van der Waals surface area contributed by atoms with Crippen LogP contribution in [0, 0.1) is 5.41 Å². The van der Waals surface area contributed by atoms with E-state index < -0.39 is 0 Å². The van der Waals surface area contributed by atoms with E-state index in [1.165, 1.54) is 97.0 Å². The maximum Gasteiger partial charge on any atom is 0.305 e. The Hall–Kier alpha value is -0.530. The second kappa shape index (κ2) is 16.0. The maximum atomic E-state index is 11.0.